The van der Waals surface area contributed by atoms with E-state index in [1.807, 2.05) is 6.20 Å². The van der Waals surface area contributed by atoms with E-state index >= 15 is 0 Å². The van der Waals surface area contributed by atoms with Gasteiger partial charge in [-0.05, 0) is 43.6 Å². The molecular weight excluding hydrogens is 310 g/mol. The zero-order chi connectivity index (χ0) is 15.6. The van der Waals surface area contributed by atoms with Gasteiger partial charge in [-0.3, -0.25) is 5.10 Å². The molecule has 0 saturated heterocycles. The Kier molecular flexibility index (Phi) is 4.21. The number of halogens is 1. The zero-order valence-corrected chi connectivity index (χ0v) is 13.9. The topological polar surface area (TPSA) is 66.5 Å². The maximum Gasteiger partial charge on any atom is 0.223 e. The third kappa shape index (κ3) is 3.50. The van der Waals surface area contributed by atoms with E-state index in [4.69, 9.17) is 11.6 Å². The van der Waals surface area contributed by atoms with Crippen LogP contribution in [0.3, 0.4) is 0 Å². The van der Waals surface area contributed by atoms with Crippen molar-refractivity contribution in [1.82, 2.24) is 20.2 Å². The third-order valence-electron chi connectivity index (χ3n) is 4.84. The number of hydrogen-bond acceptors (Lipinski definition) is 4. The Morgan fingerprint density at radius 1 is 1.13 bits per heavy atom. The molecule has 23 heavy (non-hydrogen) atoms. The summed E-state index contributed by atoms with van der Waals surface area (Å²) >= 11 is 6.35. The van der Waals surface area contributed by atoms with E-state index in [9.17, 15) is 0 Å². The van der Waals surface area contributed by atoms with Gasteiger partial charge in [-0.1, -0.05) is 30.9 Å². The van der Waals surface area contributed by atoms with E-state index < -0.39 is 0 Å². The summed E-state index contributed by atoms with van der Waals surface area (Å²) in [6, 6.07) is 0.477. The van der Waals surface area contributed by atoms with Crippen LogP contribution in [0.15, 0.2) is 12.4 Å². The molecule has 0 aliphatic heterocycles. The SMILES string of the molecule is Clc1cnc(NC2CCCCC2)nc1-c1[nH]ncc1CC1CC1. The number of nitrogens with zero attached hydrogens (tertiary/aromatic N) is 3. The predicted octanol–water partition coefficient (Wildman–Crippen LogP) is 4.22. The molecule has 122 valence electrons. The summed E-state index contributed by atoms with van der Waals surface area (Å²) in [6.07, 6.45) is 13.6. The summed E-state index contributed by atoms with van der Waals surface area (Å²) in [4.78, 5) is 9.03. The van der Waals surface area contributed by atoms with Crippen molar-refractivity contribution in [2.24, 2.45) is 5.92 Å². The molecule has 0 radical (unpaired) electrons. The van der Waals surface area contributed by atoms with Gasteiger partial charge in [0.05, 0.1) is 23.1 Å². The summed E-state index contributed by atoms with van der Waals surface area (Å²) < 4.78 is 0. The fraction of sp³-hybridized carbons (Fsp3) is 0.588. The van der Waals surface area contributed by atoms with Gasteiger partial charge in [-0.25, -0.2) is 9.97 Å². The first-order chi connectivity index (χ1) is 11.3. The highest BCUT2D eigenvalue weighted by Gasteiger charge is 2.25. The fourth-order valence-electron chi connectivity index (χ4n) is 3.35. The lowest BCUT2D eigenvalue weighted by atomic mass is 9.96. The standard InChI is InChI=1S/C17H22ClN5/c18-14-10-19-17(21-13-4-2-1-3-5-13)22-16(14)15-12(9-20-23-15)8-11-6-7-11/h9-11,13H,1-8H2,(H,20,23)(H,19,21,22). The first-order valence-electron chi connectivity index (χ1n) is 8.61. The van der Waals surface area contributed by atoms with Crippen LogP contribution in [0, 0.1) is 5.92 Å². The third-order valence-corrected chi connectivity index (χ3v) is 5.12. The van der Waals surface area contributed by atoms with Crippen molar-refractivity contribution < 1.29 is 0 Å². The van der Waals surface area contributed by atoms with Crippen LogP contribution in [0.2, 0.25) is 5.02 Å². The van der Waals surface area contributed by atoms with Gasteiger partial charge < -0.3 is 5.32 Å². The maximum atomic E-state index is 6.35. The second kappa shape index (κ2) is 6.48. The van der Waals surface area contributed by atoms with E-state index in [1.165, 1.54) is 50.5 Å². The highest BCUT2D eigenvalue weighted by atomic mass is 35.5. The van der Waals surface area contributed by atoms with E-state index in [0.29, 0.717) is 17.0 Å². The van der Waals surface area contributed by atoms with Crippen LogP contribution in [0.25, 0.3) is 11.4 Å². The summed E-state index contributed by atoms with van der Waals surface area (Å²) in [5.74, 6) is 1.47. The minimum atomic E-state index is 0.477. The molecule has 0 atom stereocenters. The second-order valence-corrected chi connectivity index (χ2v) is 7.19. The number of H-pyrrole nitrogens is 1. The Hall–Kier alpha value is -1.62. The van der Waals surface area contributed by atoms with Crippen LogP contribution in [-0.4, -0.2) is 26.2 Å². The van der Waals surface area contributed by atoms with E-state index in [1.54, 1.807) is 6.20 Å². The van der Waals surface area contributed by atoms with Crippen LogP contribution >= 0.6 is 11.6 Å². The summed E-state index contributed by atoms with van der Waals surface area (Å²) in [5.41, 5.74) is 2.90. The van der Waals surface area contributed by atoms with Crippen molar-refractivity contribution in [3.05, 3.63) is 23.0 Å². The van der Waals surface area contributed by atoms with Crippen LogP contribution in [0.5, 0.6) is 0 Å². The molecule has 4 rings (SSSR count). The first kappa shape index (κ1) is 14.9. The number of aromatic nitrogens is 4. The average Bonchev–Trinajstić information content (AvgIpc) is 3.27. The van der Waals surface area contributed by atoms with Gasteiger partial charge >= 0.3 is 0 Å². The highest BCUT2D eigenvalue weighted by molar-refractivity contribution is 6.32. The second-order valence-electron chi connectivity index (χ2n) is 6.79. The number of aromatic amines is 1. The molecule has 0 unspecified atom stereocenters. The van der Waals surface area contributed by atoms with Crippen molar-refractivity contribution in [2.45, 2.75) is 57.4 Å². The van der Waals surface area contributed by atoms with Crippen molar-refractivity contribution in [3.63, 3.8) is 0 Å². The minimum absolute atomic E-state index is 0.477. The molecule has 0 amide bonds. The Bertz CT molecular complexity index is 673. The molecule has 2 N–H and O–H groups in total. The van der Waals surface area contributed by atoms with Crippen molar-refractivity contribution in [1.29, 1.82) is 0 Å². The molecule has 2 fully saturated rings. The summed E-state index contributed by atoms with van der Waals surface area (Å²) in [5, 5.41) is 11.3. The quantitative estimate of drug-likeness (QED) is 0.861. The molecular formula is C17H22ClN5. The lowest BCUT2D eigenvalue weighted by Gasteiger charge is -2.22. The Morgan fingerprint density at radius 2 is 1.96 bits per heavy atom. The lowest BCUT2D eigenvalue weighted by Crippen LogP contribution is -2.23. The molecule has 0 bridgehead atoms. The average molecular weight is 332 g/mol. The first-order valence-corrected chi connectivity index (χ1v) is 8.99. The summed E-state index contributed by atoms with van der Waals surface area (Å²) in [7, 11) is 0. The van der Waals surface area contributed by atoms with Crippen LogP contribution < -0.4 is 5.32 Å². The van der Waals surface area contributed by atoms with Crippen LogP contribution in [-0.2, 0) is 6.42 Å². The van der Waals surface area contributed by atoms with Crippen molar-refractivity contribution in [3.8, 4) is 11.4 Å². The number of hydrogen-bond donors (Lipinski definition) is 2. The molecule has 5 nitrogen and oxygen atoms in total. The van der Waals surface area contributed by atoms with Crippen LogP contribution in [0.4, 0.5) is 5.95 Å². The van der Waals surface area contributed by atoms with Gasteiger partial charge in [-0.2, -0.15) is 5.10 Å². The molecule has 2 saturated carbocycles. The van der Waals surface area contributed by atoms with E-state index in [0.717, 1.165) is 23.7 Å². The van der Waals surface area contributed by atoms with E-state index in [-0.39, 0.29) is 0 Å². The largest absolute Gasteiger partial charge is 0.351 e. The minimum Gasteiger partial charge on any atom is -0.351 e. The molecule has 2 aliphatic rings. The number of rotatable bonds is 5. The molecule has 0 spiro atoms. The Morgan fingerprint density at radius 3 is 2.74 bits per heavy atom. The normalized spacial score (nSPS) is 19.0. The van der Waals surface area contributed by atoms with Gasteiger partial charge in [0, 0.05) is 6.04 Å². The van der Waals surface area contributed by atoms with Crippen molar-refractivity contribution in [2.75, 3.05) is 5.32 Å². The molecule has 2 heterocycles. The number of nitrogens with one attached hydrogen (secondary N) is 2. The van der Waals surface area contributed by atoms with Gasteiger partial charge in [0.1, 0.15) is 5.69 Å². The monoisotopic (exact) mass is 331 g/mol. The molecule has 6 heteroatoms. The molecule has 2 aromatic heterocycles. The Labute approximate surface area is 141 Å². The molecule has 0 aromatic carbocycles. The van der Waals surface area contributed by atoms with Gasteiger partial charge in [-0.15, -0.1) is 0 Å². The smallest absolute Gasteiger partial charge is 0.223 e. The van der Waals surface area contributed by atoms with Gasteiger partial charge in [0.25, 0.3) is 0 Å². The van der Waals surface area contributed by atoms with E-state index in [2.05, 4.69) is 25.5 Å². The summed E-state index contributed by atoms with van der Waals surface area (Å²) in [6.45, 7) is 0. The lowest BCUT2D eigenvalue weighted by molar-refractivity contribution is 0.461. The fourth-order valence-corrected chi connectivity index (χ4v) is 3.53. The zero-order valence-electron chi connectivity index (χ0n) is 13.2. The molecule has 2 aromatic rings. The number of anilines is 1. The predicted molar refractivity (Wildman–Crippen MR) is 91.5 cm³/mol. The van der Waals surface area contributed by atoms with Crippen molar-refractivity contribution >= 4 is 17.5 Å². The Balaban J connectivity index is 1.57. The molecule has 2 aliphatic carbocycles. The maximum absolute atomic E-state index is 6.35. The highest BCUT2D eigenvalue weighted by Crippen LogP contribution is 2.36. The van der Waals surface area contributed by atoms with Gasteiger partial charge in [0.2, 0.25) is 5.95 Å². The van der Waals surface area contributed by atoms with Gasteiger partial charge in [0.15, 0.2) is 0 Å². The van der Waals surface area contributed by atoms with Crippen LogP contribution in [0.1, 0.15) is 50.5 Å².